The molecule has 0 aliphatic carbocycles. The number of carbonyl (C=O) groups excluding carboxylic acids is 1. The van der Waals surface area contributed by atoms with Gasteiger partial charge in [-0.3, -0.25) is 4.79 Å². The second-order valence-electron chi connectivity index (χ2n) is 4.31. The van der Waals surface area contributed by atoms with E-state index in [1.165, 1.54) is 0 Å². The lowest BCUT2D eigenvalue weighted by Crippen LogP contribution is -2.43. The summed E-state index contributed by atoms with van der Waals surface area (Å²) in [6.45, 7) is 0.843. The molecule has 1 amide bonds. The van der Waals surface area contributed by atoms with Crippen LogP contribution in [0.4, 0.5) is 0 Å². The molecule has 1 aliphatic heterocycles. The van der Waals surface area contributed by atoms with E-state index in [1.54, 1.807) is 18.2 Å². The Balaban J connectivity index is 2.04. The van der Waals surface area contributed by atoms with Crippen molar-refractivity contribution in [2.24, 2.45) is 0 Å². The van der Waals surface area contributed by atoms with Gasteiger partial charge in [0.2, 0.25) is 0 Å². The standard InChI is InChI=1S/C12H13Cl2NO3/c13-8-2-1-3-9(14)10(8)11(16)15-6-12(17)4-5-18-7-12/h1-3,17H,4-7H2,(H,15,16). The minimum Gasteiger partial charge on any atom is -0.386 e. The predicted octanol–water partition coefficient (Wildman–Crippen LogP) is 1.87. The molecule has 6 heteroatoms. The molecule has 1 aliphatic rings. The molecular weight excluding hydrogens is 277 g/mol. The number of ether oxygens (including phenoxy) is 1. The zero-order valence-electron chi connectivity index (χ0n) is 9.58. The summed E-state index contributed by atoms with van der Waals surface area (Å²) in [5.74, 6) is -0.397. The Morgan fingerprint density at radius 3 is 2.67 bits per heavy atom. The van der Waals surface area contributed by atoms with Crippen molar-refractivity contribution in [3.8, 4) is 0 Å². The number of amides is 1. The topological polar surface area (TPSA) is 58.6 Å². The first-order chi connectivity index (χ1) is 8.52. The molecule has 0 spiro atoms. The van der Waals surface area contributed by atoms with Gasteiger partial charge in [-0.25, -0.2) is 0 Å². The lowest BCUT2D eigenvalue weighted by molar-refractivity contribution is 0.0264. The summed E-state index contributed by atoms with van der Waals surface area (Å²) in [7, 11) is 0. The van der Waals surface area contributed by atoms with E-state index in [-0.39, 0.29) is 28.8 Å². The number of rotatable bonds is 3. The molecular formula is C12H13Cl2NO3. The Kier molecular flexibility index (Phi) is 4.12. The van der Waals surface area contributed by atoms with E-state index in [9.17, 15) is 9.90 Å². The molecule has 18 heavy (non-hydrogen) atoms. The molecule has 98 valence electrons. The van der Waals surface area contributed by atoms with Crippen LogP contribution < -0.4 is 5.32 Å². The number of aliphatic hydroxyl groups is 1. The lowest BCUT2D eigenvalue weighted by atomic mass is 10.0. The van der Waals surface area contributed by atoms with Crippen LogP contribution in [0.15, 0.2) is 18.2 Å². The third-order valence-electron chi connectivity index (χ3n) is 2.85. The molecule has 4 nitrogen and oxygen atoms in total. The molecule has 0 aromatic heterocycles. The number of carbonyl (C=O) groups is 1. The number of benzene rings is 1. The third kappa shape index (κ3) is 2.95. The second-order valence-corrected chi connectivity index (χ2v) is 5.12. The van der Waals surface area contributed by atoms with Crippen LogP contribution in [-0.2, 0) is 4.74 Å². The Morgan fingerprint density at radius 2 is 2.11 bits per heavy atom. The molecule has 1 aromatic carbocycles. The van der Waals surface area contributed by atoms with Crippen LogP contribution in [0, 0.1) is 0 Å². The number of nitrogens with one attached hydrogen (secondary N) is 1. The van der Waals surface area contributed by atoms with Gasteiger partial charge in [0.1, 0.15) is 5.60 Å². The van der Waals surface area contributed by atoms with Crippen molar-refractivity contribution in [3.05, 3.63) is 33.8 Å². The second kappa shape index (κ2) is 5.45. The van der Waals surface area contributed by atoms with Crippen molar-refractivity contribution in [1.82, 2.24) is 5.32 Å². The summed E-state index contributed by atoms with van der Waals surface area (Å²) in [6, 6.07) is 4.85. The van der Waals surface area contributed by atoms with Gasteiger partial charge in [0.25, 0.3) is 5.91 Å². The predicted molar refractivity (Wildman–Crippen MR) is 69.2 cm³/mol. The maximum absolute atomic E-state index is 12.0. The van der Waals surface area contributed by atoms with E-state index in [1.807, 2.05) is 0 Å². The zero-order chi connectivity index (χ0) is 13.2. The highest BCUT2D eigenvalue weighted by atomic mass is 35.5. The van der Waals surface area contributed by atoms with Crippen LogP contribution in [0.3, 0.4) is 0 Å². The fourth-order valence-corrected chi connectivity index (χ4v) is 2.35. The largest absolute Gasteiger partial charge is 0.386 e. The molecule has 1 unspecified atom stereocenters. The number of halogens is 2. The highest BCUT2D eigenvalue weighted by molar-refractivity contribution is 6.39. The molecule has 0 saturated carbocycles. The van der Waals surface area contributed by atoms with E-state index >= 15 is 0 Å². The van der Waals surface area contributed by atoms with Gasteiger partial charge in [0.15, 0.2) is 0 Å². The van der Waals surface area contributed by atoms with Crippen molar-refractivity contribution in [2.45, 2.75) is 12.0 Å². The van der Waals surface area contributed by atoms with Crippen molar-refractivity contribution in [3.63, 3.8) is 0 Å². The average Bonchev–Trinajstić information content (AvgIpc) is 2.74. The van der Waals surface area contributed by atoms with E-state index in [2.05, 4.69) is 5.32 Å². The van der Waals surface area contributed by atoms with Gasteiger partial charge in [-0.1, -0.05) is 29.3 Å². The van der Waals surface area contributed by atoms with Crippen LogP contribution >= 0.6 is 23.2 Å². The van der Waals surface area contributed by atoms with Crippen molar-refractivity contribution in [2.75, 3.05) is 19.8 Å². The Labute approximate surface area is 115 Å². The van der Waals surface area contributed by atoms with Gasteiger partial charge in [-0.05, 0) is 12.1 Å². The first-order valence-electron chi connectivity index (χ1n) is 5.54. The van der Waals surface area contributed by atoms with Crippen LogP contribution in [0.2, 0.25) is 10.0 Å². The average molecular weight is 290 g/mol. The summed E-state index contributed by atoms with van der Waals surface area (Å²) < 4.78 is 5.09. The first kappa shape index (κ1) is 13.6. The number of hydrogen-bond donors (Lipinski definition) is 2. The van der Waals surface area contributed by atoms with Crippen LogP contribution in [0.25, 0.3) is 0 Å². The summed E-state index contributed by atoms with van der Waals surface area (Å²) in [5, 5.41) is 13.2. The van der Waals surface area contributed by atoms with Gasteiger partial charge in [0.05, 0.1) is 22.2 Å². The molecule has 2 rings (SSSR count). The monoisotopic (exact) mass is 289 g/mol. The van der Waals surface area contributed by atoms with Gasteiger partial charge >= 0.3 is 0 Å². The molecule has 1 atom stereocenters. The van der Waals surface area contributed by atoms with Crippen LogP contribution in [0.5, 0.6) is 0 Å². The van der Waals surface area contributed by atoms with Gasteiger partial charge in [-0.15, -0.1) is 0 Å². The third-order valence-corrected chi connectivity index (χ3v) is 3.48. The quantitative estimate of drug-likeness (QED) is 0.893. The molecule has 1 heterocycles. The summed E-state index contributed by atoms with van der Waals surface area (Å²) in [5.41, 5.74) is -0.771. The lowest BCUT2D eigenvalue weighted by Gasteiger charge is -2.20. The minimum absolute atomic E-state index is 0.118. The van der Waals surface area contributed by atoms with Gasteiger partial charge in [0, 0.05) is 19.6 Å². The van der Waals surface area contributed by atoms with E-state index in [0.717, 1.165) is 0 Å². The minimum atomic E-state index is -0.997. The van der Waals surface area contributed by atoms with E-state index in [4.69, 9.17) is 27.9 Å². The Bertz CT molecular complexity index is 438. The van der Waals surface area contributed by atoms with Crippen molar-refractivity contribution >= 4 is 29.1 Å². The Morgan fingerprint density at radius 1 is 1.44 bits per heavy atom. The molecule has 2 N–H and O–H groups in total. The molecule has 1 saturated heterocycles. The van der Waals surface area contributed by atoms with E-state index < -0.39 is 11.5 Å². The molecule has 1 aromatic rings. The van der Waals surface area contributed by atoms with Crippen LogP contribution in [0.1, 0.15) is 16.8 Å². The summed E-state index contributed by atoms with van der Waals surface area (Å²) in [4.78, 5) is 12.0. The smallest absolute Gasteiger partial charge is 0.254 e. The fourth-order valence-electron chi connectivity index (χ4n) is 1.78. The SMILES string of the molecule is O=C(NCC1(O)CCOC1)c1c(Cl)cccc1Cl. The maximum atomic E-state index is 12.0. The number of hydrogen-bond acceptors (Lipinski definition) is 3. The van der Waals surface area contributed by atoms with Crippen molar-refractivity contribution in [1.29, 1.82) is 0 Å². The van der Waals surface area contributed by atoms with Gasteiger partial charge in [-0.2, -0.15) is 0 Å². The normalized spacial score (nSPS) is 23.1. The summed E-state index contributed by atoms with van der Waals surface area (Å²) >= 11 is 11.8. The fraction of sp³-hybridized carbons (Fsp3) is 0.417. The van der Waals surface area contributed by atoms with Gasteiger partial charge < -0.3 is 15.2 Å². The summed E-state index contributed by atoms with van der Waals surface area (Å²) in [6.07, 6.45) is 0.504. The molecule has 0 radical (unpaired) electrons. The highest BCUT2D eigenvalue weighted by Gasteiger charge is 2.32. The van der Waals surface area contributed by atoms with Crippen molar-refractivity contribution < 1.29 is 14.6 Å². The van der Waals surface area contributed by atoms with E-state index in [0.29, 0.717) is 13.0 Å². The first-order valence-corrected chi connectivity index (χ1v) is 6.30. The molecule has 1 fully saturated rings. The van der Waals surface area contributed by atoms with Crippen LogP contribution in [-0.4, -0.2) is 36.4 Å². The molecule has 0 bridgehead atoms. The highest BCUT2D eigenvalue weighted by Crippen LogP contribution is 2.24. The maximum Gasteiger partial charge on any atom is 0.254 e. The Hall–Kier alpha value is -0.810. The zero-order valence-corrected chi connectivity index (χ0v) is 11.1.